The maximum atomic E-state index is 5.48. The Morgan fingerprint density at radius 3 is 3.04 bits per heavy atom. The zero-order valence-electron chi connectivity index (χ0n) is 14.4. The van der Waals surface area contributed by atoms with Crippen LogP contribution in [-0.2, 0) is 11.3 Å². The Morgan fingerprint density at radius 1 is 1.28 bits per heavy atom. The minimum absolute atomic E-state index is 0.759. The molecule has 0 amide bonds. The second-order valence-electron chi connectivity index (χ2n) is 6.81. The van der Waals surface area contributed by atoms with E-state index in [9.17, 15) is 0 Å². The molecule has 0 aromatic carbocycles. The SMILES string of the molecule is c1cncc(Nc2cc3c(cn2)CN(CC2CCOCC2)CCN3)c1. The van der Waals surface area contributed by atoms with Gasteiger partial charge >= 0.3 is 0 Å². The van der Waals surface area contributed by atoms with Crippen molar-refractivity contribution in [2.24, 2.45) is 5.92 Å². The molecule has 0 spiro atoms. The van der Waals surface area contributed by atoms with Gasteiger partial charge in [-0.15, -0.1) is 0 Å². The summed E-state index contributed by atoms with van der Waals surface area (Å²) in [4.78, 5) is 11.3. The third-order valence-electron chi connectivity index (χ3n) is 4.92. The predicted octanol–water partition coefficient (Wildman–Crippen LogP) is 2.87. The number of nitrogens with zero attached hydrogens (tertiary/aromatic N) is 3. The number of pyridine rings is 2. The molecule has 6 nitrogen and oxygen atoms in total. The van der Waals surface area contributed by atoms with E-state index in [4.69, 9.17) is 4.74 Å². The molecule has 0 bridgehead atoms. The smallest absolute Gasteiger partial charge is 0.132 e. The Bertz CT molecular complexity index is 687. The maximum absolute atomic E-state index is 5.48. The lowest BCUT2D eigenvalue weighted by atomic mass is 9.99. The molecule has 2 aliphatic rings. The van der Waals surface area contributed by atoms with Gasteiger partial charge < -0.3 is 15.4 Å². The molecule has 0 saturated carbocycles. The first kappa shape index (κ1) is 16.3. The fraction of sp³-hybridized carbons (Fsp3) is 0.474. The number of hydrogen-bond donors (Lipinski definition) is 2. The van der Waals surface area contributed by atoms with Crippen LogP contribution in [0.2, 0.25) is 0 Å². The zero-order valence-corrected chi connectivity index (χ0v) is 14.4. The van der Waals surface area contributed by atoms with Crippen molar-refractivity contribution in [3.8, 4) is 0 Å². The minimum atomic E-state index is 0.759. The van der Waals surface area contributed by atoms with Crippen molar-refractivity contribution in [3.05, 3.63) is 42.4 Å². The Labute approximate surface area is 148 Å². The lowest BCUT2D eigenvalue weighted by Crippen LogP contribution is -2.33. The van der Waals surface area contributed by atoms with Gasteiger partial charge in [-0.2, -0.15) is 0 Å². The Hall–Kier alpha value is -2.18. The number of ether oxygens (including phenoxy) is 1. The van der Waals surface area contributed by atoms with Crippen molar-refractivity contribution in [1.29, 1.82) is 0 Å². The summed E-state index contributed by atoms with van der Waals surface area (Å²) in [5, 5.41) is 6.87. The molecule has 0 atom stereocenters. The average molecular weight is 339 g/mol. The van der Waals surface area contributed by atoms with E-state index in [0.717, 1.165) is 56.8 Å². The molecule has 2 N–H and O–H groups in total. The molecule has 0 radical (unpaired) electrons. The number of hydrogen-bond acceptors (Lipinski definition) is 6. The van der Waals surface area contributed by atoms with Gasteiger partial charge in [-0.05, 0) is 30.9 Å². The summed E-state index contributed by atoms with van der Waals surface area (Å²) >= 11 is 0. The van der Waals surface area contributed by atoms with Gasteiger partial charge in [0, 0.05) is 69.1 Å². The fourth-order valence-electron chi connectivity index (χ4n) is 3.55. The van der Waals surface area contributed by atoms with Crippen molar-refractivity contribution in [2.75, 3.05) is 43.5 Å². The molecular weight excluding hydrogens is 314 g/mol. The van der Waals surface area contributed by atoms with Gasteiger partial charge in [0.05, 0.1) is 11.9 Å². The second kappa shape index (κ2) is 7.80. The van der Waals surface area contributed by atoms with E-state index in [1.807, 2.05) is 18.3 Å². The molecule has 0 unspecified atom stereocenters. The van der Waals surface area contributed by atoms with Gasteiger partial charge in [0.1, 0.15) is 5.82 Å². The normalized spacial score (nSPS) is 18.9. The third kappa shape index (κ3) is 4.27. The maximum Gasteiger partial charge on any atom is 0.132 e. The van der Waals surface area contributed by atoms with Crippen molar-refractivity contribution in [2.45, 2.75) is 19.4 Å². The summed E-state index contributed by atoms with van der Waals surface area (Å²) in [5.74, 6) is 1.60. The highest BCUT2D eigenvalue weighted by molar-refractivity contribution is 5.62. The second-order valence-corrected chi connectivity index (χ2v) is 6.81. The van der Waals surface area contributed by atoms with Crippen molar-refractivity contribution in [3.63, 3.8) is 0 Å². The number of fused-ring (bicyclic) bond motifs is 1. The highest BCUT2D eigenvalue weighted by Gasteiger charge is 2.20. The topological polar surface area (TPSA) is 62.3 Å². The molecule has 2 aromatic heterocycles. The summed E-state index contributed by atoms with van der Waals surface area (Å²) in [6.45, 7) is 5.97. The van der Waals surface area contributed by atoms with Crippen LogP contribution in [0.25, 0.3) is 0 Å². The van der Waals surface area contributed by atoms with Crippen LogP contribution < -0.4 is 10.6 Å². The van der Waals surface area contributed by atoms with E-state index in [-0.39, 0.29) is 0 Å². The molecule has 132 valence electrons. The monoisotopic (exact) mass is 339 g/mol. The number of nitrogens with one attached hydrogen (secondary N) is 2. The van der Waals surface area contributed by atoms with Gasteiger partial charge in [-0.1, -0.05) is 0 Å². The quantitative estimate of drug-likeness (QED) is 0.893. The van der Waals surface area contributed by atoms with Gasteiger partial charge in [0.2, 0.25) is 0 Å². The summed E-state index contributed by atoms with van der Waals surface area (Å²) in [6.07, 6.45) is 7.93. The van der Waals surface area contributed by atoms with Crippen LogP contribution in [0.4, 0.5) is 17.2 Å². The van der Waals surface area contributed by atoms with Gasteiger partial charge in [-0.3, -0.25) is 9.88 Å². The average Bonchev–Trinajstić information content (AvgIpc) is 2.85. The lowest BCUT2D eigenvalue weighted by Gasteiger charge is -2.28. The largest absolute Gasteiger partial charge is 0.383 e. The molecule has 2 aliphatic heterocycles. The summed E-state index contributed by atoms with van der Waals surface area (Å²) in [5.41, 5.74) is 3.39. The third-order valence-corrected chi connectivity index (χ3v) is 4.92. The summed E-state index contributed by atoms with van der Waals surface area (Å²) < 4.78 is 5.48. The van der Waals surface area contributed by atoms with Gasteiger partial charge in [0.25, 0.3) is 0 Å². The van der Waals surface area contributed by atoms with E-state index >= 15 is 0 Å². The molecule has 1 fully saturated rings. The van der Waals surface area contributed by atoms with Crippen LogP contribution >= 0.6 is 0 Å². The molecule has 2 aromatic rings. The van der Waals surface area contributed by atoms with Crippen LogP contribution in [0.5, 0.6) is 0 Å². The van der Waals surface area contributed by atoms with Crippen molar-refractivity contribution < 1.29 is 4.74 Å². The molecule has 4 heterocycles. The van der Waals surface area contributed by atoms with Gasteiger partial charge in [0.15, 0.2) is 0 Å². The molecule has 1 saturated heterocycles. The Morgan fingerprint density at radius 2 is 2.20 bits per heavy atom. The number of anilines is 3. The van der Waals surface area contributed by atoms with E-state index in [1.54, 1.807) is 12.4 Å². The first-order chi connectivity index (χ1) is 12.4. The first-order valence-electron chi connectivity index (χ1n) is 9.07. The molecule has 4 rings (SSSR count). The highest BCUT2D eigenvalue weighted by atomic mass is 16.5. The molecule has 25 heavy (non-hydrogen) atoms. The Kier molecular flexibility index (Phi) is 5.09. The standard InChI is InChI=1S/C19H25N5O/c1-2-17(12-20-5-1)23-19-10-18-16(11-22-19)14-24(7-6-21-18)13-15-3-8-25-9-4-15/h1-2,5,10-12,15,21H,3-4,6-9,13-14H2,(H,22,23). The van der Waals surface area contributed by atoms with Crippen molar-refractivity contribution in [1.82, 2.24) is 14.9 Å². The summed E-state index contributed by atoms with van der Waals surface area (Å²) in [7, 11) is 0. The molecule has 6 heteroatoms. The van der Waals surface area contributed by atoms with Crippen molar-refractivity contribution >= 4 is 17.2 Å². The van der Waals surface area contributed by atoms with E-state index in [2.05, 4.69) is 31.6 Å². The van der Waals surface area contributed by atoms with Crippen LogP contribution in [-0.4, -0.2) is 47.7 Å². The zero-order chi connectivity index (χ0) is 16.9. The predicted molar refractivity (Wildman–Crippen MR) is 99.1 cm³/mol. The van der Waals surface area contributed by atoms with Crippen LogP contribution in [0, 0.1) is 5.92 Å². The van der Waals surface area contributed by atoms with E-state index in [0.29, 0.717) is 0 Å². The minimum Gasteiger partial charge on any atom is -0.383 e. The lowest BCUT2D eigenvalue weighted by molar-refractivity contribution is 0.0522. The highest BCUT2D eigenvalue weighted by Crippen LogP contribution is 2.25. The van der Waals surface area contributed by atoms with Crippen LogP contribution in [0.1, 0.15) is 18.4 Å². The number of aromatic nitrogens is 2. The summed E-state index contributed by atoms with van der Waals surface area (Å²) in [6, 6.07) is 6.00. The fourth-order valence-corrected chi connectivity index (χ4v) is 3.55. The molecule has 0 aliphatic carbocycles. The van der Waals surface area contributed by atoms with E-state index < -0.39 is 0 Å². The van der Waals surface area contributed by atoms with Crippen LogP contribution in [0.3, 0.4) is 0 Å². The van der Waals surface area contributed by atoms with Crippen LogP contribution in [0.15, 0.2) is 36.8 Å². The Balaban J connectivity index is 1.43. The molecular formula is C19H25N5O. The van der Waals surface area contributed by atoms with Gasteiger partial charge in [-0.25, -0.2) is 4.98 Å². The van der Waals surface area contributed by atoms with E-state index in [1.165, 1.54) is 24.1 Å². The first-order valence-corrected chi connectivity index (χ1v) is 9.07. The number of rotatable bonds is 4.